The third-order valence-electron chi connectivity index (χ3n) is 14.8. The van der Waals surface area contributed by atoms with Crippen LogP contribution in [-0.4, -0.2) is 19.1 Å². The maximum atomic E-state index is 11.5. The number of nitriles is 1. The standard InChI is InChI=1S/C71H45N5/c72-46-57-43-69(75-65-35-31-53(47-19-7-1-8-20-47)39-59(65)60-40-54(32-36-66(60)75)48-21-9-2-10-22-48)70(44-58(57)71-73-63(51-27-15-5-16-28-51)45-64(74-71)52-29-17-6-18-30-52)76-67-37-33-55(49-23-11-3-12-24-49)41-61(67)62-42-56(34-38-68(62)76)50-25-13-4-14-26-50/h1-45H. The van der Waals surface area contributed by atoms with Gasteiger partial charge >= 0.3 is 0 Å². The van der Waals surface area contributed by atoms with Gasteiger partial charge in [0.1, 0.15) is 0 Å². The van der Waals surface area contributed by atoms with Crippen molar-refractivity contribution in [3.8, 4) is 95.9 Å². The van der Waals surface area contributed by atoms with Crippen molar-refractivity contribution >= 4 is 43.6 Å². The Morgan fingerprint density at radius 1 is 0.276 bits per heavy atom. The molecule has 76 heavy (non-hydrogen) atoms. The highest BCUT2D eigenvalue weighted by Crippen LogP contribution is 2.44. The van der Waals surface area contributed by atoms with Crippen molar-refractivity contribution in [1.82, 2.24) is 19.1 Å². The van der Waals surface area contributed by atoms with E-state index in [4.69, 9.17) is 9.97 Å². The second kappa shape index (κ2) is 18.6. The van der Waals surface area contributed by atoms with Crippen molar-refractivity contribution < 1.29 is 0 Å². The van der Waals surface area contributed by atoms with Gasteiger partial charge < -0.3 is 9.13 Å². The van der Waals surface area contributed by atoms with Crippen LogP contribution in [0, 0.1) is 11.3 Å². The Kier molecular flexibility index (Phi) is 10.8. The van der Waals surface area contributed by atoms with Crippen LogP contribution in [0.4, 0.5) is 0 Å². The highest BCUT2D eigenvalue weighted by Gasteiger charge is 2.25. The minimum Gasteiger partial charge on any atom is -0.307 e. The normalized spacial score (nSPS) is 11.4. The number of hydrogen-bond acceptors (Lipinski definition) is 3. The van der Waals surface area contributed by atoms with Crippen molar-refractivity contribution in [3.05, 3.63) is 279 Å². The molecule has 0 fully saturated rings. The third kappa shape index (κ3) is 7.72. The lowest BCUT2D eigenvalue weighted by Gasteiger charge is -2.20. The highest BCUT2D eigenvalue weighted by atomic mass is 15.1. The van der Waals surface area contributed by atoms with Gasteiger partial charge in [0.15, 0.2) is 5.82 Å². The molecule has 5 heteroatoms. The van der Waals surface area contributed by atoms with Crippen LogP contribution in [0.5, 0.6) is 0 Å². The smallest absolute Gasteiger partial charge is 0.161 e. The van der Waals surface area contributed by atoms with E-state index in [1.54, 1.807) is 0 Å². The van der Waals surface area contributed by atoms with Gasteiger partial charge in [0, 0.05) is 38.2 Å². The molecule has 0 unspecified atom stereocenters. The van der Waals surface area contributed by atoms with Gasteiger partial charge in [0.25, 0.3) is 0 Å². The van der Waals surface area contributed by atoms with E-state index in [-0.39, 0.29) is 0 Å². The van der Waals surface area contributed by atoms with Crippen LogP contribution in [0.1, 0.15) is 5.56 Å². The van der Waals surface area contributed by atoms with Crippen LogP contribution in [0.3, 0.4) is 0 Å². The lowest BCUT2D eigenvalue weighted by atomic mass is 10.0. The fourth-order valence-electron chi connectivity index (χ4n) is 11.1. The molecule has 3 heterocycles. The number of hydrogen-bond donors (Lipinski definition) is 0. The first-order valence-electron chi connectivity index (χ1n) is 25.6. The zero-order valence-corrected chi connectivity index (χ0v) is 41.2. The van der Waals surface area contributed by atoms with Crippen molar-refractivity contribution in [2.45, 2.75) is 0 Å². The second-order valence-electron chi connectivity index (χ2n) is 19.3. The van der Waals surface area contributed by atoms with Crippen LogP contribution >= 0.6 is 0 Å². The molecule has 354 valence electrons. The SMILES string of the molecule is N#Cc1cc(-n2c3ccc(-c4ccccc4)cc3c3cc(-c4ccccc4)ccc32)c(-n2c3ccc(-c4ccccc4)cc3c3cc(-c4ccccc4)ccc32)cc1-c1nc(-c2ccccc2)cc(-c2ccccc2)n1. The number of rotatable bonds is 9. The molecule has 0 radical (unpaired) electrons. The van der Waals surface area contributed by atoms with E-state index in [9.17, 15) is 5.26 Å². The summed E-state index contributed by atoms with van der Waals surface area (Å²) in [7, 11) is 0. The van der Waals surface area contributed by atoms with Gasteiger partial charge in [-0.2, -0.15) is 5.26 Å². The Labute approximate surface area is 440 Å². The maximum absolute atomic E-state index is 11.5. The fourth-order valence-corrected chi connectivity index (χ4v) is 11.1. The van der Waals surface area contributed by atoms with Crippen molar-refractivity contribution in [2.75, 3.05) is 0 Å². The van der Waals surface area contributed by atoms with Gasteiger partial charge in [-0.25, -0.2) is 9.97 Å². The molecule has 5 nitrogen and oxygen atoms in total. The summed E-state index contributed by atoms with van der Waals surface area (Å²) in [5.74, 6) is 0.463. The topological polar surface area (TPSA) is 59.4 Å². The van der Waals surface area contributed by atoms with Crippen molar-refractivity contribution in [1.29, 1.82) is 5.26 Å². The minimum absolute atomic E-state index is 0.457. The predicted octanol–water partition coefficient (Wildman–Crippen LogP) is 18.2. The number of nitrogens with zero attached hydrogens (tertiary/aromatic N) is 5. The second-order valence-corrected chi connectivity index (χ2v) is 19.3. The molecule has 14 rings (SSSR count). The molecule has 0 amide bonds. The molecule has 0 N–H and O–H groups in total. The van der Waals surface area contributed by atoms with E-state index in [1.165, 1.54) is 0 Å². The molecule has 0 aliphatic rings. The Hall–Kier alpha value is -10.4. The Morgan fingerprint density at radius 3 is 0.868 bits per heavy atom. The van der Waals surface area contributed by atoms with Crippen LogP contribution < -0.4 is 0 Å². The first-order chi connectivity index (χ1) is 37.6. The zero-order valence-electron chi connectivity index (χ0n) is 41.2. The summed E-state index contributed by atoms with van der Waals surface area (Å²) in [5.41, 5.74) is 19.4. The summed E-state index contributed by atoms with van der Waals surface area (Å²) < 4.78 is 4.75. The van der Waals surface area contributed by atoms with Gasteiger partial charge in [-0.15, -0.1) is 0 Å². The molecule has 0 aliphatic carbocycles. The van der Waals surface area contributed by atoms with Crippen LogP contribution in [0.15, 0.2) is 273 Å². The molecule has 0 saturated heterocycles. The molecule has 14 aromatic rings. The molecule has 0 spiro atoms. The summed E-state index contributed by atoms with van der Waals surface area (Å²) in [6.07, 6.45) is 0. The summed E-state index contributed by atoms with van der Waals surface area (Å²) in [6, 6.07) is 98.9. The average Bonchev–Trinajstić information content (AvgIpc) is 4.07. The van der Waals surface area contributed by atoms with Crippen LogP contribution in [0.2, 0.25) is 0 Å². The van der Waals surface area contributed by atoms with E-state index in [0.29, 0.717) is 17.0 Å². The molecular weight excluding hydrogens is 923 g/mol. The zero-order chi connectivity index (χ0) is 50.5. The van der Waals surface area contributed by atoms with E-state index in [1.807, 2.05) is 42.5 Å². The maximum Gasteiger partial charge on any atom is 0.161 e. The van der Waals surface area contributed by atoms with E-state index in [2.05, 4.69) is 246 Å². The lowest BCUT2D eigenvalue weighted by molar-refractivity contribution is 1.09. The Bertz CT molecular complexity index is 4290. The van der Waals surface area contributed by atoms with E-state index >= 15 is 0 Å². The summed E-state index contributed by atoms with van der Waals surface area (Å²) in [4.78, 5) is 10.7. The Balaban J connectivity index is 1.11. The molecule has 11 aromatic carbocycles. The predicted molar refractivity (Wildman–Crippen MR) is 313 cm³/mol. The monoisotopic (exact) mass is 967 g/mol. The lowest BCUT2D eigenvalue weighted by Crippen LogP contribution is -2.06. The van der Waals surface area contributed by atoms with Gasteiger partial charge in [-0.3, -0.25) is 0 Å². The van der Waals surface area contributed by atoms with Crippen molar-refractivity contribution in [3.63, 3.8) is 0 Å². The minimum atomic E-state index is 0.457. The van der Waals surface area contributed by atoms with Gasteiger partial charge in [-0.1, -0.05) is 206 Å². The average molecular weight is 968 g/mol. The van der Waals surface area contributed by atoms with Gasteiger partial charge in [0.2, 0.25) is 0 Å². The molecular formula is C71H45N5. The Morgan fingerprint density at radius 2 is 0.566 bits per heavy atom. The van der Waals surface area contributed by atoms with Crippen LogP contribution in [-0.2, 0) is 0 Å². The molecule has 3 aromatic heterocycles. The molecule has 0 atom stereocenters. The fraction of sp³-hybridized carbons (Fsp3) is 0. The highest BCUT2D eigenvalue weighted by molar-refractivity contribution is 6.14. The number of fused-ring (bicyclic) bond motifs is 6. The first kappa shape index (κ1) is 44.3. The van der Waals surface area contributed by atoms with Gasteiger partial charge in [0.05, 0.1) is 56.5 Å². The first-order valence-corrected chi connectivity index (χ1v) is 25.6. The molecule has 0 saturated carbocycles. The third-order valence-corrected chi connectivity index (χ3v) is 14.8. The van der Waals surface area contributed by atoms with Crippen LogP contribution in [0.25, 0.3) is 133 Å². The molecule has 0 bridgehead atoms. The summed E-state index contributed by atoms with van der Waals surface area (Å²) in [6.45, 7) is 0. The summed E-state index contributed by atoms with van der Waals surface area (Å²) in [5, 5.41) is 16.0. The number of aromatic nitrogens is 4. The number of benzene rings is 11. The summed E-state index contributed by atoms with van der Waals surface area (Å²) >= 11 is 0. The molecule has 0 aliphatic heterocycles. The largest absolute Gasteiger partial charge is 0.307 e. The van der Waals surface area contributed by atoms with E-state index < -0.39 is 0 Å². The van der Waals surface area contributed by atoms with Gasteiger partial charge in [-0.05, 0) is 111 Å². The van der Waals surface area contributed by atoms with Crippen molar-refractivity contribution in [2.24, 2.45) is 0 Å². The quantitative estimate of drug-likeness (QED) is 0.145. The van der Waals surface area contributed by atoms with E-state index in [0.717, 1.165) is 122 Å².